The Morgan fingerprint density at radius 1 is 1.40 bits per heavy atom. The molecule has 0 fully saturated rings. The summed E-state index contributed by atoms with van der Waals surface area (Å²) in [6.45, 7) is 9.81. The molecule has 0 aliphatic carbocycles. The van der Waals surface area contributed by atoms with Crippen LogP contribution in [0.25, 0.3) is 0 Å². The van der Waals surface area contributed by atoms with Crippen molar-refractivity contribution in [2.75, 3.05) is 12.5 Å². The summed E-state index contributed by atoms with van der Waals surface area (Å²) in [6, 6.07) is 0.0820. The van der Waals surface area contributed by atoms with E-state index in [1.807, 2.05) is 34.6 Å². The smallest absolute Gasteiger partial charge is 0.246 e. The lowest BCUT2D eigenvalue weighted by atomic mass is 10.1. The van der Waals surface area contributed by atoms with E-state index in [4.69, 9.17) is 16.3 Å². The van der Waals surface area contributed by atoms with Crippen LogP contribution in [0.1, 0.15) is 34.6 Å². The molecule has 90 valence electrons. The average molecular weight is 236 g/mol. The number of alkyl halides is 1. The number of halogens is 1. The van der Waals surface area contributed by atoms with E-state index in [0.717, 1.165) is 0 Å². The summed E-state index contributed by atoms with van der Waals surface area (Å²) in [5.74, 6) is 0.723. The maximum Gasteiger partial charge on any atom is 0.246 e. The van der Waals surface area contributed by atoms with Gasteiger partial charge in [-0.05, 0) is 33.6 Å². The fourth-order valence-electron chi connectivity index (χ4n) is 0.854. The van der Waals surface area contributed by atoms with Crippen LogP contribution < -0.4 is 5.32 Å². The molecule has 0 rings (SSSR count). The number of nitrogens with one attached hydrogen (secondary N) is 1. The summed E-state index contributed by atoms with van der Waals surface area (Å²) in [6.07, 6.45) is 0. The van der Waals surface area contributed by atoms with Crippen LogP contribution in [0.3, 0.4) is 0 Å². The highest BCUT2D eigenvalue weighted by Gasteiger charge is 2.16. The van der Waals surface area contributed by atoms with E-state index in [-0.39, 0.29) is 30.1 Å². The van der Waals surface area contributed by atoms with Crippen molar-refractivity contribution in [1.82, 2.24) is 5.32 Å². The number of hydrogen-bond acceptors (Lipinski definition) is 2. The molecule has 0 spiro atoms. The molecular formula is C11H22ClNO2. The van der Waals surface area contributed by atoms with Gasteiger partial charge in [0.2, 0.25) is 5.91 Å². The zero-order valence-electron chi connectivity index (χ0n) is 10.3. The molecule has 0 saturated carbocycles. The number of carbonyl (C=O) groups excluding carboxylic acids is 1. The van der Waals surface area contributed by atoms with Crippen molar-refractivity contribution < 1.29 is 9.53 Å². The van der Waals surface area contributed by atoms with Crippen LogP contribution in [0.5, 0.6) is 0 Å². The first-order valence-electron chi connectivity index (χ1n) is 5.25. The number of amides is 1. The fraction of sp³-hybridized carbons (Fsp3) is 0.909. The van der Waals surface area contributed by atoms with Crippen molar-refractivity contribution in [1.29, 1.82) is 0 Å². The summed E-state index contributed by atoms with van der Waals surface area (Å²) in [4.78, 5) is 11.4. The van der Waals surface area contributed by atoms with Gasteiger partial charge in [-0.3, -0.25) is 4.79 Å². The average Bonchev–Trinajstić information content (AvgIpc) is 2.12. The van der Waals surface area contributed by atoms with Gasteiger partial charge in [-0.2, -0.15) is 0 Å². The van der Waals surface area contributed by atoms with Gasteiger partial charge in [-0.15, -0.1) is 11.6 Å². The van der Waals surface area contributed by atoms with Gasteiger partial charge >= 0.3 is 0 Å². The molecule has 0 heterocycles. The molecule has 0 saturated heterocycles. The number of carbonyl (C=O) groups is 1. The van der Waals surface area contributed by atoms with E-state index in [1.54, 1.807) is 0 Å². The largest absolute Gasteiger partial charge is 0.366 e. The second kappa shape index (κ2) is 6.33. The van der Waals surface area contributed by atoms with Crippen LogP contribution in [0.15, 0.2) is 0 Å². The zero-order chi connectivity index (χ0) is 12.1. The Morgan fingerprint density at radius 3 is 2.33 bits per heavy atom. The molecule has 2 unspecified atom stereocenters. The number of rotatable bonds is 5. The van der Waals surface area contributed by atoms with Crippen molar-refractivity contribution in [3.8, 4) is 0 Å². The zero-order valence-corrected chi connectivity index (χ0v) is 11.0. The Hall–Kier alpha value is -0.280. The van der Waals surface area contributed by atoms with Crippen molar-refractivity contribution >= 4 is 17.5 Å². The van der Waals surface area contributed by atoms with Crippen molar-refractivity contribution in [2.45, 2.75) is 46.3 Å². The molecule has 2 atom stereocenters. The van der Waals surface area contributed by atoms with Crippen LogP contribution in [0.2, 0.25) is 0 Å². The maximum atomic E-state index is 11.4. The van der Waals surface area contributed by atoms with Crippen molar-refractivity contribution in [2.24, 2.45) is 5.92 Å². The highest BCUT2D eigenvalue weighted by molar-refractivity contribution is 6.18. The first-order chi connectivity index (χ1) is 6.76. The molecule has 0 radical (unpaired) electrons. The van der Waals surface area contributed by atoms with Gasteiger partial charge < -0.3 is 10.1 Å². The third-order valence-electron chi connectivity index (χ3n) is 2.12. The molecule has 1 amide bonds. The van der Waals surface area contributed by atoms with Gasteiger partial charge in [0.05, 0.1) is 5.60 Å². The SMILES string of the molecule is CC(CCl)C(C)NC(=O)COC(C)(C)C. The van der Waals surface area contributed by atoms with E-state index >= 15 is 0 Å². The molecule has 0 aromatic heterocycles. The standard InChI is InChI=1S/C11H22ClNO2/c1-8(6-12)9(2)13-10(14)7-15-11(3,4)5/h8-9H,6-7H2,1-5H3,(H,13,14). The van der Waals surface area contributed by atoms with Crippen LogP contribution in [-0.2, 0) is 9.53 Å². The Morgan fingerprint density at radius 2 is 1.93 bits per heavy atom. The third kappa shape index (κ3) is 7.63. The van der Waals surface area contributed by atoms with Crippen molar-refractivity contribution in [3.63, 3.8) is 0 Å². The van der Waals surface area contributed by atoms with Crippen molar-refractivity contribution in [3.05, 3.63) is 0 Å². The summed E-state index contributed by atoms with van der Waals surface area (Å²) in [5, 5.41) is 2.85. The Balaban J connectivity index is 3.84. The summed E-state index contributed by atoms with van der Waals surface area (Å²) in [5.41, 5.74) is -0.279. The molecule has 0 aromatic carbocycles. The Kier molecular flexibility index (Phi) is 6.22. The molecule has 0 aliphatic rings. The van der Waals surface area contributed by atoms with Gasteiger partial charge in [0, 0.05) is 11.9 Å². The van der Waals surface area contributed by atoms with Gasteiger partial charge in [-0.1, -0.05) is 6.92 Å². The van der Waals surface area contributed by atoms with E-state index in [1.165, 1.54) is 0 Å². The first kappa shape index (κ1) is 14.7. The van der Waals surface area contributed by atoms with Gasteiger partial charge in [0.15, 0.2) is 0 Å². The molecule has 0 aromatic rings. The summed E-state index contributed by atoms with van der Waals surface area (Å²) < 4.78 is 5.36. The highest BCUT2D eigenvalue weighted by atomic mass is 35.5. The van der Waals surface area contributed by atoms with Gasteiger partial charge in [0.25, 0.3) is 0 Å². The summed E-state index contributed by atoms with van der Waals surface area (Å²) in [7, 11) is 0. The lowest BCUT2D eigenvalue weighted by molar-refractivity contribution is -0.131. The Labute approximate surface area is 97.5 Å². The third-order valence-corrected chi connectivity index (χ3v) is 2.61. The normalized spacial score (nSPS) is 15.9. The molecule has 0 aliphatic heterocycles. The van der Waals surface area contributed by atoms with E-state index in [0.29, 0.717) is 5.88 Å². The molecule has 0 bridgehead atoms. The molecule has 1 N–H and O–H groups in total. The van der Waals surface area contributed by atoms with E-state index < -0.39 is 0 Å². The Bertz CT molecular complexity index is 201. The minimum Gasteiger partial charge on any atom is -0.366 e. The molecule has 4 heteroatoms. The number of ether oxygens (including phenoxy) is 1. The molecule has 3 nitrogen and oxygen atoms in total. The highest BCUT2D eigenvalue weighted by Crippen LogP contribution is 2.07. The van der Waals surface area contributed by atoms with E-state index in [9.17, 15) is 4.79 Å². The van der Waals surface area contributed by atoms with Crippen LogP contribution in [0, 0.1) is 5.92 Å². The van der Waals surface area contributed by atoms with E-state index in [2.05, 4.69) is 5.32 Å². The minimum absolute atomic E-state index is 0.0820. The van der Waals surface area contributed by atoms with Crippen LogP contribution >= 0.6 is 11.6 Å². The van der Waals surface area contributed by atoms with Gasteiger partial charge in [0.1, 0.15) is 6.61 Å². The van der Waals surface area contributed by atoms with Crippen LogP contribution in [0.4, 0.5) is 0 Å². The predicted molar refractivity (Wildman–Crippen MR) is 63.2 cm³/mol. The summed E-state index contributed by atoms with van der Waals surface area (Å²) >= 11 is 5.70. The fourth-order valence-corrected chi connectivity index (χ4v) is 1.12. The quantitative estimate of drug-likeness (QED) is 0.742. The lowest BCUT2D eigenvalue weighted by Gasteiger charge is -2.22. The number of hydrogen-bond donors (Lipinski definition) is 1. The minimum atomic E-state index is -0.279. The predicted octanol–water partition coefficient (Wildman–Crippen LogP) is 2.18. The lowest BCUT2D eigenvalue weighted by Crippen LogP contribution is -2.41. The maximum absolute atomic E-state index is 11.4. The first-order valence-corrected chi connectivity index (χ1v) is 5.79. The van der Waals surface area contributed by atoms with Crippen LogP contribution in [-0.4, -0.2) is 30.0 Å². The molecular weight excluding hydrogens is 214 g/mol. The monoisotopic (exact) mass is 235 g/mol. The second-order valence-electron chi connectivity index (χ2n) is 4.89. The molecule has 15 heavy (non-hydrogen) atoms. The second-order valence-corrected chi connectivity index (χ2v) is 5.20. The van der Waals surface area contributed by atoms with Gasteiger partial charge in [-0.25, -0.2) is 0 Å². The topological polar surface area (TPSA) is 38.3 Å².